The summed E-state index contributed by atoms with van der Waals surface area (Å²) in [6.07, 6.45) is 0. The minimum Gasteiger partial charge on any atom is -0.399 e. The van der Waals surface area contributed by atoms with Crippen LogP contribution in [0.3, 0.4) is 0 Å². The van der Waals surface area contributed by atoms with Crippen LogP contribution < -0.4 is 11.5 Å². The Morgan fingerprint density at radius 1 is 1.22 bits per heavy atom. The lowest BCUT2D eigenvalue weighted by Crippen LogP contribution is -1.91. The van der Waals surface area contributed by atoms with Crippen molar-refractivity contribution in [2.45, 2.75) is 0 Å². The molecule has 0 unspecified atom stereocenters. The molecule has 0 aliphatic carbocycles. The van der Waals surface area contributed by atoms with E-state index in [4.69, 9.17) is 11.5 Å². The molecule has 0 saturated heterocycles. The molecule has 4 N–H and O–H groups in total. The quantitative estimate of drug-likeness (QED) is 0.527. The zero-order chi connectivity index (χ0) is 6.85. The van der Waals surface area contributed by atoms with Gasteiger partial charge in [-0.25, -0.2) is 0 Å². The second-order valence-electron chi connectivity index (χ2n) is 1.78. The zero-order valence-electron chi connectivity index (χ0n) is 4.76. The van der Waals surface area contributed by atoms with Crippen LogP contribution >= 0.6 is 22.6 Å². The molecule has 0 heterocycles. The van der Waals surface area contributed by atoms with E-state index < -0.39 is 0 Å². The molecule has 0 radical (unpaired) electrons. The maximum Gasteiger partial charge on any atom is 0.0470 e. The van der Waals surface area contributed by atoms with Crippen LogP contribution in [0.15, 0.2) is 18.2 Å². The van der Waals surface area contributed by atoms with Crippen molar-refractivity contribution in [1.29, 1.82) is 0 Å². The molecule has 3 heteroatoms. The fraction of sp³-hybridized carbons (Fsp3) is 0. The van der Waals surface area contributed by atoms with Crippen molar-refractivity contribution in [2.24, 2.45) is 0 Å². The number of rotatable bonds is 0. The average molecular weight is 234 g/mol. The Kier molecular flexibility index (Phi) is 1.80. The summed E-state index contributed by atoms with van der Waals surface area (Å²) >= 11 is 2.16. The van der Waals surface area contributed by atoms with Crippen LogP contribution in [0.25, 0.3) is 0 Å². The highest BCUT2D eigenvalue weighted by molar-refractivity contribution is 14.1. The van der Waals surface area contributed by atoms with Gasteiger partial charge in [0.05, 0.1) is 0 Å². The first kappa shape index (κ1) is 6.67. The lowest BCUT2D eigenvalue weighted by atomic mass is 10.3. The van der Waals surface area contributed by atoms with Crippen molar-refractivity contribution in [2.75, 3.05) is 11.5 Å². The van der Waals surface area contributed by atoms with Gasteiger partial charge in [0, 0.05) is 14.9 Å². The van der Waals surface area contributed by atoms with Gasteiger partial charge in [-0.2, -0.15) is 0 Å². The van der Waals surface area contributed by atoms with Crippen molar-refractivity contribution in [3.05, 3.63) is 21.8 Å². The van der Waals surface area contributed by atoms with Crippen LogP contribution in [-0.4, -0.2) is 0 Å². The summed E-state index contributed by atoms with van der Waals surface area (Å²) in [6, 6.07) is 5.48. The molecular formula is C6H7IN2. The van der Waals surface area contributed by atoms with Gasteiger partial charge in [-0.05, 0) is 40.8 Å². The first-order valence-electron chi connectivity index (χ1n) is 2.50. The smallest absolute Gasteiger partial charge is 0.0470 e. The van der Waals surface area contributed by atoms with Crippen molar-refractivity contribution in [3.63, 3.8) is 0 Å². The Bertz CT molecular complexity index is 222. The van der Waals surface area contributed by atoms with E-state index in [9.17, 15) is 0 Å². The third-order valence-electron chi connectivity index (χ3n) is 1.02. The molecular weight excluding hydrogens is 227 g/mol. The van der Waals surface area contributed by atoms with Crippen LogP contribution in [0, 0.1) is 3.57 Å². The number of anilines is 2. The largest absolute Gasteiger partial charge is 0.399 e. The summed E-state index contributed by atoms with van der Waals surface area (Å²) in [7, 11) is 0. The molecule has 0 saturated carbocycles. The summed E-state index contributed by atoms with van der Waals surface area (Å²) in [5.41, 5.74) is 12.4. The van der Waals surface area contributed by atoms with E-state index >= 15 is 0 Å². The highest BCUT2D eigenvalue weighted by Gasteiger charge is 1.91. The zero-order valence-corrected chi connectivity index (χ0v) is 6.92. The molecule has 1 aromatic carbocycles. The summed E-state index contributed by atoms with van der Waals surface area (Å²) in [5, 5.41) is 0. The van der Waals surface area contributed by atoms with Crippen molar-refractivity contribution >= 4 is 34.0 Å². The van der Waals surface area contributed by atoms with E-state index in [1.807, 2.05) is 12.1 Å². The Balaban J connectivity index is 3.17. The highest BCUT2D eigenvalue weighted by atomic mass is 127. The molecule has 2 nitrogen and oxygen atoms in total. The Morgan fingerprint density at radius 3 is 2.33 bits per heavy atom. The molecule has 0 bridgehead atoms. The number of benzene rings is 1. The van der Waals surface area contributed by atoms with Crippen LogP contribution in [0.2, 0.25) is 0 Å². The Hall–Kier alpha value is -0.450. The van der Waals surface area contributed by atoms with Gasteiger partial charge in [-0.3, -0.25) is 0 Å². The lowest BCUT2D eigenvalue weighted by molar-refractivity contribution is 1.62. The lowest BCUT2D eigenvalue weighted by Gasteiger charge is -1.97. The number of hydrogen-bond acceptors (Lipinski definition) is 2. The van der Waals surface area contributed by atoms with E-state index in [0.29, 0.717) is 5.69 Å². The second-order valence-corrected chi connectivity index (χ2v) is 2.94. The van der Waals surface area contributed by atoms with Crippen molar-refractivity contribution in [3.8, 4) is 0 Å². The van der Waals surface area contributed by atoms with Crippen LogP contribution in [0.4, 0.5) is 11.4 Å². The van der Waals surface area contributed by atoms with Gasteiger partial charge in [0.1, 0.15) is 0 Å². The molecule has 0 atom stereocenters. The summed E-state index contributed by atoms with van der Waals surface area (Å²) < 4.78 is 1.04. The summed E-state index contributed by atoms with van der Waals surface area (Å²) in [5.74, 6) is 0. The maximum atomic E-state index is 5.53. The van der Waals surface area contributed by atoms with Gasteiger partial charge in [0.25, 0.3) is 0 Å². The van der Waals surface area contributed by atoms with Gasteiger partial charge in [0.2, 0.25) is 0 Å². The Morgan fingerprint density at radius 2 is 1.89 bits per heavy atom. The van der Waals surface area contributed by atoms with Gasteiger partial charge in [-0.15, -0.1) is 0 Å². The number of halogens is 1. The second kappa shape index (κ2) is 2.43. The third kappa shape index (κ3) is 1.48. The van der Waals surface area contributed by atoms with Gasteiger partial charge in [0.15, 0.2) is 0 Å². The van der Waals surface area contributed by atoms with Crippen molar-refractivity contribution < 1.29 is 0 Å². The van der Waals surface area contributed by atoms with Gasteiger partial charge < -0.3 is 11.5 Å². The summed E-state index contributed by atoms with van der Waals surface area (Å²) in [6.45, 7) is 0. The van der Waals surface area contributed by atoms with E-state index in [1.54, 1.807) is 6.07 Å². The van der Waals surface area contributed by atoms with E-state index in [0.717, 1.165) is 9.26 Å². The number of hydrogen-bond donors (Lipinski definition) is 2. The molecule has 0 amide bonds. The highest BCUT2D eigenvalue weighted by Crippen LogP contribution is 2.16. The fourth-order valence-electron chi connectivity index (χ4n) is 0.562. The molecule has 0 aliphatic heterocycles. The predicted octanol–water partition coefficient (Wildman–Crippen LogP) is 1.46. The van der Waals surface area contributed by atoms with E-state index in [-0.39, 0.29) is 0 Å². The van der Waals surface area contributed by atoms with Crippen LogP contribution in [0.5, 0.6) is 0 Å². The van der Waals surface area contributed by atoms with Crippen LogP contribution in [-0.2, 0) is 0 Å². The fourth-order valence-corrected chi connectivity index (χ4v) is 0.898. The number of nitrogen functional groups attached to an aromatic ring is 2. The van der Waals surface area contributed by atoms with Gasteiger partial charge >= 0.3 is 0 Å². The number of nitrogens with two attached hydrogens (primary N) is 2. The Labute approximate surface area is 67.4 Å². The third-order valence-corrected chi connectivity index (χ3v) is 2.00. The predicted molar refractivity (Wildman–Crippen MR) is 48.0 cm³/mol. The standard InChI is InChI=1S/C6H7IN2/c7-5-2-1-4(8)3-6(5)9/h1-3H,8-9H2. The molecule has 1 aromatic rings. The molecule has 0 fully saturated rings. The first-order valence-corrected chi connectivity index (χ1v) is 3.58. The van der Waals surface area contributed by atoms with Gasteiger partial charge in [-0.1, -0.05) is 0 Å². The monoisotopic (exact) mass is 234 g/mol. The topological polar surface area (TPSA) is 52.0 Å². The molecule has 0 aromatic heterocycles. The first-order chi connectivity index (χ1) is 4.20. The molecule has 9 heavy (non-hydrogen) atoms. The van der Waals surface area contributed by atoms with E-state index in [2.05, 4.69) is 22.6 Å². The normalized spacial score (nSPS) is 9.44. The molecule has 0 aliphatic rings. The van der Waals surface area contributed by atoms with E-state index in [1.165, 1.54) is 0 Å². The molecule has 1 rings (SSSR count). The van der Waals surface area contributed by atoms with Crippen molar-refractivity contribution in [1.82, 2.24) is 0 Å². The van der Waals surface area contributed by atoms with Crippen LogP contribution in [0.1, 0.15) is 0 Å². The minimum absolute atomic E-state index is 0.716. The molecule has 48 valence electrons. The minimum atomic E-state index is 0.716. The summed E-state index contributed by atoms with van der Waals surface area (Å²) in [4.78, 5) is 0. The average Bonchev–Trinajstić information content (AvgIpc) is 1.80. The SMILES string of the molecule is Nc1ccc(I)c(N)c1. The molecule has 0 spiro atoms. The maximum absolute atomic E-state index is 5.53.